The Hall–Kier alpha value is -0.990. The van der Waals surface area contributed by atoms with Gasteiger partial charge in [-0.1, -0.05) is 11.6 Å². The predicted molar refractivity (Wildman–Crippen MR) is 86.1 cm³/mol. The van der Waals surface area contributed by atoms with Gasteiger partial charge in [0.05, 0.1) is 16.2 Å². The van der Waals surface area contributed by atoms with E-state index in [1.54, 1.807) is 12.1 Å². The monoisotopic (exact) mass is 422 g/mol. The average Bonchev–Trinajstić information content (AvgIpc) is 2.72. The largest absolute Gasteiger partial charge is 0.330 e. The SMILES string of the molecule is Fc1ccc2[nH]c(=S)n(-c3ccc(I)cc3Cl)c2c1F. The van der Waals surface area contributed by atoms with Gasteiger partial charge in [0.25, 0.3) is 0 Å². The second kappa shape index (κ2) is 5.09. The van der Waals surface area contributed by atoms with E-state index in [0.29, 0.717) is 16.2 Å². The van der Waals surface area contributed by atoms with E-state index in [4.69, 9.17) is 23.8 Å². The number of hydrogen-bond donors (Lipinski definition) is 1. The molecule has 0 unspecified atom stereocenters. The minimum Gasteiger partial charge on any atom is -0.330 e. The maximum absolute atomic E-state index is 14.1. The number of aromatic amines is 1. The molecule has 2 nitrogen and oxygen atoms in total. The maximum Gasteiger partial charge on any atom is 0.184 e. The number of hydrogen-bond acceptors (Lipinski definition) is 1. The molecule has 3 rings (SSSR count). The van der Waals surface area contributed by atoms with E-state index in [1.165, 1.54) is 10.6 Å². The molecule has 102 valence electrons. The predicted octanol–water partition coefficient (Wildman–Crippen LogP) is 5.22. The molecular formula is C13H6ClF2IN2S. The zero-order valence-corrected chi connectivity index (χ0v) is 13.5. The Labute approximate surface area is 136 Å². The summed E-state index contributed by atoms with van der Waals surface area (Å²) in [5.41, 5.74) is 0.981. The number of H-pyrrole nitrogens is 1. The Bertz CT molecular complexity index is 888. The van der Waals surface area contributed by atoms with E-state index in [2.05, 4.69) is 27.6 Å². The number of nitrogens with one attached hydrogen (secondary N) is 1. The van der Waals surface area contributed by atoms with E-state index >= 15 is 0 Å². The van der Waals surface area contributed by atoms with Crippen LogP contribution in [0.4, 0.5) is 8.78 Å². The molecule has 0 aliphatic rings. The molecule has 0 aliphatic carbocycles. The van der Waals surface area contributed by atoms with Crippen molar-refractivity contribution in [2.24, 2.45) is 0 Å². The lowest BCUT2D eigenvalue weighted by molar-refractivity contribution is 0.514. The first-order valence-electron chi connectivity index (χ1n) is 5.53. The molecule has 0 aliphatic heterocycles. The van der Waals surface area contributed by atoms with Gasteiger partial charge in [-0.25, -0.2) is 8.78 Å². The number of imidazole rings is 1. The van der Waals surface area contributed by atoms with Crippen LogP contribution in [0.15, 0.2) is 30.3 Å². The van der Waals surface area contributed by atoms with Crippen molar-refractivity contribution in [1.82, 2.24) is 9.55 Å². The lowest BCUT2D eigenvalue weighted by atomic mass is 10.2. The second-order valence-corrected chi connectivity index (χ2v) is 6.16. The molecule has 7 heteroatoms. The molecule has 0 fully saturated rings. The van der Waals surface area contributed by atoms with E-state index in [-0.39, 0.29) is 10.3 Å². The number of rotatable bonds is 1. The molecule has 0 atom stereocenters. The van der Waals surface area contributed by atoms with Crippen molar-refractivity contribution in [2.45, 2.75) is 0 Å². The van der Waals surface area contributed by atoms with Gasteiger partial charge in [0, 0.05) is 3.57 Å². The number of fused-ring (bicyclic) bond motifs is 1. The summed E-state index contributed by atoms with van der Waals surface area (Å²) in [7, 11) is 0. The van der Waals surface area contributed by atoms with Crippen LogP contribution in [0.3, 0.4) is 0 Å². The normalized spacial score (nSPS) is 11.2. The molecule has 0 amide bonds. The third-order valence-electron chi connectivity index (χ3n) is 2.89. The van der Waals surface area contributed by atoms with Crippen molar-refractivity contribution >= 4 is 57.4 Å². The maximum atomic E-state index is 14.1. The fourth-order valence-electron chi connectivity index (χ4n) is 2.02. The van der Waals surface area contributed by atoms with Crippen molar-refractivity contribution in [3.63, 3.8) is 0 Å². The van der Waals surface area contributed by atoms with Crippen molar-refractivity contribution in [3.8, 4) is 5.69 Å². The van der Waals surface area contributed by atoms with Gasteiger partial charge in [0.2, 0.25) is 0 Å². The molecule has 0 saturated carbocycles. The van der Waals surface area contributed by atoms with Gasteiger partial charge in [-0.15, -0.1) is 0 Å². The first-order valence-corrected chi connectivity index (χ1v) is 7.39. The molecule has 0 radical (unpaired) electrons. The summed E-state index contributed by atoms with van der Waals surface area (Å²) in [6, 6.07) is 7.77. The molecule has 2 aromatic carbocycles. The van der Waals surface area contributed by atoms with Crippen LogP contribution in [0.5, 0.6) is 0 Å². The van der Waals surface area contributed by atoms with Crippen LogP contribution in [0.25, 0.3) is 16.7 Å². The molecule has 0 saturated heterocycles. The first-order chi connectivity index (χ1) is 9.49. The Morgan fingerprint density at radius 1 is 1.20 bits per heavy atom. The van der Waals surface area contributed by atoms with Gasteiger partial charge in [0.15, 0.2) is 16.4 Å². The van der Waals surface area contributed by atoms with Crippen molar-refractivity contribution < 1.29 is 8.78 Å². The highest BCUT2D eigenvalue weighted by molar-refractivity contribution is 14.1. The summed E-state index contributed by atoms with van der Waals surface area (Å²) in [6.45, 7) is 0. The molecule has 0 bridgehead atoms. The van der Waals surface area contributed by atoms with Crippen molar-refractivity contribution in [3.05, 3.63) is 55.3 Å². The van der Waals surface area contributed by atoms with Gasteiger partial charge in [-0.2, -0.15) is 0 Å². The first kappa shape index (κ1) is 14.0. The van der Waals surface area contributed by atoms with E-state index in [1.807, 2.05) is 6.07 Å². The highest BCUT2D eigenvalue weighted by Gasteiger charge is 2.16. The van der Waals surface area contributed by atoms with Crippen LogP contribution in [-0.4, -0.2) is 9.55 Å². The summed E-state index contributed by atoms with van der Waals surface area (Å²) in [5.74, 6) is -1.88. The smallest absolute Gasteiger partial charge is 0.184 e. The highest BCUT2D eigenvalue weighted by atomic mass is 127. The zero-order valence-electron chi connectivity index (χ0n) is 9.75. The van der Waals surface area contributed by atoms with Crippen LogP contribution in [0, 0.1) is 20.0 Å². The number of aromatic nitrogens is 2. The summed E-state index contributed by atoms with van der Waals surface area (Å²) in [4.78, 5) is 2.85. The van der Waals surface area contributed by atoms with Crippen LogP contribution >= 0.6 is 46.4 Å². The van der Waals surface area contributed by atoms with Gasteiger partial charge in [0.1, 0.15) is 5.52 Å². The van der Waals surface area contributed by atoms with Gasteiger partial charge < -0.3 is 4.98 Å². The Morgan fingerprint density at radius 2 is 1.95 bits per heavy atom. The highest BCUT2D eigenvalue weighted by Crippen LogP contribution is 2.29. The fraction of sp³-hybridized carbons (Fsp3) is 0. The van der Waals surface area contributed by atoms with E-state index in [0.717, 1.165) is 9.64 Å². The molecule has 20 heavy (non-hydrogen) atoms. The molecule has 1 aromatic heterocycles. The van der Waals surface area contributed by atoms with Crippen LogP contribution in [0.2, 0.25) is 5.02 Å². The lowest BCUT2D eigenvalue weighted by Crippen LogP contribution is -1.98. The number of nitrogens with zero attached hydrogens (tertiary/aromatic N) is 1. The average molecular weight is 423 g/mol. The summed E-state index contributed by atoms with van der Waals surface area (Å²) < 4.78 is 30.1. The third kappa shape index (κ3) is 2.15. The quantitative estimate of drug-likeness (QED) is 0.421. The zero-order chi connectivity index (χ0) is 14.4. The third-order valence-corrected chi connectivity index (χ3v) is 4.15. The second-order valence-electron chi connectivity index (χ2n) is 4.12. The Morgan fingerprint density at radius 3 is 2.65 bits per heavy atom. The number of benzene rings is 2. The lowest BCUT2D eigenvalue weighted by Gasteiger charge is -2.08. The molecule has 3 aromatic rings. The van der Waals surface area contributed by atoms with Crippen LogP contribution < -0.4 is 0 Å². The molecule has 1 heterocycles. The van der Waals surface area contributed by atoms with Crippen molar-refractivity contribution in [2.75, 3.05) is 0 Å². The van der Waals surface area contributed by atoms with E-state index in [9.17, 15) is 8.78 Å². The molecule has 1 N–H and O–H groups in total. The van der Waals surface area contributed by atoms with Crippen LogP contribution in [-0.2, 0) is 0 Å². The summed E-state index contributed by atoms with van der Waals surface area (Å²) >= 11 is 13.5. The fourth-order valence-corrected chi connectivity index (χ4v) is 3.26. The van der Waals surface area contributed by atoms with E-state index < -0.39 is 11.6 Å². The minimum atomic E-state index is -0.954. The molecular weight excluding hydrogens is 417 g/mol. The summed E-state index contributed by atoms with van der Waals surface area (Å²) in [6.07, 6.45) is 0. The standard InChI is InChI=1S/C13H6ClF2IN2S/c14-7-5-6(17)1-4-10(7)19-12-9(18-13(19)20)3-2-8(15)11(12)16/h1-5H,(H,18,20). The van der Waals surface area contributed by atoms with Gasteiger partial charge >= 0.3 is 0 Å². The summed E-state index contributed by atoms with van der Waals surface area (Å²) in [5, 5.41) is 0.414. The molecule has 0 spiro atoms. The minimum absolute atomic E-state index is 0.0538. The van der Waals surface area contributed by atoms with Gasteiger partial charge in [-0.3, -0.25) is 4.57 Å². The Balaban J connectivity index is 2.44. The number of halogens is 4. The van der Waals surface area contributed by atoms with Crippen molar-refractivity contribution in [1.29, 1.82) is 0 Å². The topological polar surface area (TPSA) is 20.7 Å². The van der Waals surface area contributed by atoms with Crippen LogP contribution in [0.1, 0.15) is 0 Å². The van der Waals surface area contributed by atoms with Gasteiger partial charge in [-0.05, 0) is 65.1 Å². The Kier molecular flexibility index (Phi) is 3.55.